The Balaban J connectivity index is 2.21. The van der Waals surface area contributed by atoms with Gasteiger partial charge in [-0.2, -0.15) is 0 Å². The SMILES string of the molecule is NN=NC(=Nc1ccccc1F)c1ccccc1-c1ccccc1C(F)F. The number of alkyl halides is 2. The van der Waals surface area contributed by atoms with Crippen molar-refractivity contribution < 1.29 is 13.2 Å². The van der Waals surface area contributed by atoms with Gasteiger partial charge in [0.05, 0.1) is 0 Å². The lowest BCUT2D eigenvalue weighted by Gasteiger charge is -2.13. The summed E-state index contributed by atoms with van der Waals surface area (Å²) in [4.78, 5) is 4.19. The summed E-state index contributed by atoms with van der Waals surface area (Å²) in [6.45, 7) is 0. The molecule has 0 unspecified atom stereocenters. The van der Waals surface area contributed by atoms with E-state index in [1.54, 1.807) is 48.5 Å². The Hall–Kier alpha value is -3.48. The molecule has 0 saturated heterocycles. The van der Waals surface area contributed by atoms with Crippen molar-refractivity contribution in [2.45, 2.75) is 6.43 Å². The molecule has 4 nitrogen and oxygen atoms in total. The van der Waals surface area contributed by atoms with E-state index >= 15 is 0 Å². The highest BCUT2D eigenvalue weighted by Gasteiger charge is 2.18. The Morgan fingerprint density at radius 3 is 2.15 bits per heavy atom. The van der Waals surface area contributed by atoms with Crippen LogP contribution in [0.5, 0.6) is 0 Å². The molecular formula is C20H15F3N4. The van der Waals surface area contributed by atoms with Gasteiger partial charge in [0.25, 0.3) is 6.43 Å². The fourth-order valence-electron chi connectivity index (χ4n) is 2.69. The monoisotopic (exact) mass is 368 g/mol. The first kappa shape index (κ1) is 18.3. The topological polar surface area (TPSA) is 63.1 Å². The van der Waals surface area contributed by atoms with E-state index in [2.05, 4.69) is 15.3 Å². The average molecular weight is 368 g/mol. The molecule has 0 aliphatic rings. The maximum atomic E-state index is 14.0. The van der Waals surface area contributed by atoms with E-state index in [-0.39, 0.29) is 17.1 Å². The summed E-state index contributed by atoms with van der Waals surface area (Å²) in [7, 11) is 0. The second-order valence-corrected chi connectivity index (χ2v) is 5.54. The molecule has 136 valence electrons. The molecule has 0 bridgehead atoms. The molecule has 0 amide bonds. The number of hydrogen-bond donors (Lipinski definition) is 1. The minimum atomic E-state index is -2.66. The van der Waals surface area contributed by atoms with Crippen LogP contribution < -0.4 is 5.84 Å². The Labute approximate surface area is 153 Å². The molecule has 3 aromatic carbocycles. The molecule has 7 heteroatoms. The molecule has 3 aromatic rings. The summed E-state index contributed by atoms with van der Waals surface area (Å²) >= 11 is 0. The standard InChI is InChI=1S/C20H15F3N4/c21-17-11-5-6-12-18(17)25-20(26-27-24)16-10-4-2-8-14(16)13-7-1-3-9-15(13)19(22)23/h1-12,19H,(H2,24,25,26). The highest BCUT2D eigenvalue weighted by Crippen LogP contribution is 2.34. The Kier molecular flexibility index (Phi) is 5.61. The summed E-state index contributed by atoms with van der Waals surface area (Å²) in [5.41, 5.74) is 1.12. The number of nitrogens with zero attached hydrogens (tertiary/aromatic N) is 3. The van der Waals surface area contributed by atoms with Crippen LogP contribution in [-0.2, 0) is 0 Å². The second-order valence-electron chi connectivity index (χ2n) is 5.54. The third kappa shape index (κ3) is 4.03. The van der Waals surface area contributed by atoms with E-state index in [0.717, 1.165) is 0 Å². The zero-order valence-corrected chi connectivity index (χ0v) is 14.1. The zero-order chi connectivity index (χ0) is 19.2. The van der Waals surface area contributed by atoms with Gasteiger partial charge in [0.1, 0.15) is 11.5 Å². The number of nitrogens with two attached hydrogens (primary N) is 1. The normalized spacial score (nSPS) is 12.1. The van der Waals surface area contributed by atoms with Crippen molar-refractivity contribution in [2.75, 3.05) is 0 Å². The van der Waals surface area contributed by atoms with Gasteiger partial charge in [-0.05, 0) is 23.3 Å². The van der Waals surface area contributed by atoms with Crippen molar-refractivity contribution >= 4 is 11.5 Å². The van der Waals surface area contributed by atoms with Crippen LogP contribution in [0.3, 0.4) is 0 Å². The first-order valence-corrected chi connectivity index (χ1v) is 8.03. The van der Waals surface area contributed by atoms with Crippen molar-refractivity contribution in [1.82, 2.24) is 0 Å². The lowest BCUT2D eigenvalue weighted by atomic mass is 9.95. The molecule has 3 rings (SSSR count). The lowest BCUT2D eigenvalue weighted by Crippen LogP contribution is -2.02. The van der Waals surface area contributed by atoms with E-state index in [0.29, 0.717) is 16.7 Å². The van der Waals surface area contributed by atoms with Crippen LogP contribution in [0.1, 0.15) is 17.6 Å². The first-order valence-electron chi connectivity index (χ1n) is 8.03. The van der Waals surface area contributed by atoms with Crippen molar-refractivity contribution in [2.24, 2.45) is 21.2 Å². The average Bonchev–Trinajstić information content (AvgIpc) is 2.69. The van der Waals surface area contributed by atoms with Crippen molar-refractivity contribution in [3.05, 3.63) is 89.7 Å². The van der Waals surface area contributed by atoms with E-state index in [9.17, 15) is 13.2 Å². The van der Waals surface area contributed by atoms with Crippen LogP contribution in [0.25, 0.3) is 11.1 Å². The number of para-hydroxylation sites is 1. The van der Waals surface area contributed by atoms with Crippen LogP contribution in [0.4, 0.5) is 18.9 Å². The van der Waals surface area contributed by atoms with Crippen LogP contribution >= 0.6 is 0 Å². The number of hydrogen-bond acceptors (Lipinski definition) is 2. The number of amidine groups is 1. The minimum Gasteiger partial charge on any atom is -0.305 e. The molecule has 0 aliphatic carbocycles. The van der Waals surface area contributed by atoms with Crippen molar-refractivity contribution in [1.29, 1.82) is 0 Å². The highest BCUT2D eigenvalue weighted by molar-refractivity contribution is 6.06. The molecule has 0 radical (unpaired) electrons. The third-order valence-electron chi connectivity index (χ3n) is 3.89. The molecule has 2 N–H and O–H groups in total. The fourth-order valence-corrected chi connectivity index (χ4v) is 2.69. The minimum absolute atomic E-state index is 0.0160. The van der Waals surface area contributed by atoms with Gasteiger partial charge in [-0.3, -0.25) is 0 Å². The summed E-state index contributed by atoms with van der Waals surface area (Å²) in [6, 6.07) is 18.8. The summed E-state index contributed by atoms with van der Waals surface area (Å²) in [6.07, 6.45) is -2.66. The molecule has 0 spiro atoms. The van der Waals surface area contributed by atoms with Crippen LogP contribution in [-0.4, -0.2) is 5.84 Å². The van der Waals surface area contributed by atoms with Crippen LogP contribution in [0, 0.1) is 5.82 Å². The maximum Gasteiger partial charge on any atom is 0.264 e. The first-order chi connectivity index (χ1) is 13.1. The summed E-state index contributed by atoms with van der Waals surface area (Å²) in [5, 5.41) is 7.04. The van der Waals surface area contributed by atoms with Gasteiger partial charge in [-0.15, -0.1) is 5.11 Å². The maximum absolute atomic E-state index is 14.0. The van der Waals surface area contributed by atoms with E-state index in [4.69, 9.17) is 5.84 Å². The van der Waals surface area contributed by atoms with Gasteiger partial charge in [0, 0.05) is 11.1 Å². The number of benzene rings is 3. The second kappa shape index (κ2) is 8.27. The Morgan fingerprint density at radius 2 is 1.44 bits per heavy atom. The predicted molar refractivity (Wildman–Crippen MR) is 98.5 cm³/mol. The molecule has 0 aliphatic heterocycles. The van der Waals surface area contributed by atoms with Crippen molar-refractivity contribution in [3.8, 4) is 11.1 Å². The van der Waals surface area contributed by atoms with Gasteiger partial charge in [0.2, 0.25) is 0 Å². The molecule has 0 fully saturated rings. The highest BCUT2D eigenvalue weighted by atomic mass is 19.3. The number of rotatable bonds is 4. The van der Waals surface area contributed by atoms with E-state index < -0.39 is 12.2 Å². The molecule has 0 heterocycles. The molecule has 27 heavy (non-hydrogen) atoms. The van der Waals surface area contributed by atoms with Gasteiger partial charge in [-0.25, -0.2) is 18.2 Å². The predicted octanol–water partition coefficient (Wildman–Crippen LogP) is 5.83. The van der Waals surface area contributed by atoms with Crippen LogP contribution in [0.2, 0.25) is 0 Å². The Bertz CT molecular complexity index is 1000. The smallest absolute Gasteiger partial charge is 0.264 e. The summed E-state index contributed by atoms with van der Waals surface area (Å²) < 4.78 is 40.9. The van der Waals surface area contributed by atoms with Gasteiger partial charge >= 0.3 is 0 Å². The molecule has 0 aromatic heterocycles. The van der Waals surface area contributed by atoms with Gasteiger partial charge in [-0.1, -0.05) is 65.9 Å². The summed E-state index contributed by atoms with van der Waals surface area (Å²) in [5.74, 6) is 4.66. The lowest BCUT2D eigenvalue weighted by molar-refractivity contribution is 0.152. The fraction of sp³-hybridized carbons (Fsp3) is 0.0500. The Morgan fingerprint density at radius 1 is 0.815 bits per heavy atom. The quantitative estimate of drug-likeness (QED) is 0.203. The van der Waals surface area contributed by atoms with E-state index in [1.165, 1.54) is 24.3 Å². The van der Waals surface area contributed by atoms with Gasteiger partial charge < -0.3 is 5.84 Å². The zero-order valence-electron chi connectivity index (χ0n) is 14.1. The molecule has 0 atom stereocenters. The molecular weight excluding hydrogens is 353 g/mol. The number of halogens is 3. The molecule has 0 saturated carbocycles. The largest absolute Gasteiger partial charge is 0.305 e. The van der Waals surface area contributed by atoms with Crippen LogP contribution in [0.15, 0.2) is 88.1 Å². The van der Waals surface area contributed by atoms with E-state index in [1.807, 2.05) is 0 Å². The number of aliphatic imine (C=N–C) groups is 1. The van der Waals surface area contributed by atoms with Crippen molar-refractivity contribution in [3.63, 3.8) is 0 Å². The van der Waals surface area contributed by atoms with Gasteiger partial charge in [0.15, 0.2) is 5.84 Å². The third-order valence-corrected chi connectivity index (χ3v) is 3.89.